The average Bonchev–Trinajstić information content (AvgIpc) is 2.93. The molecule has 0 saturated heterocycles. The first kappa shape index (κ1) is 17.3. The summed E-state index contributed by atoms with van der Waals surface area (Å²) in [6.45, 7) is 1.25. The lowest BCUT2D eigenvalue weighted by Crippen LogP contribution is -2.12. The van der Waals surface area contributed by atoms with Crippen LogP contribution in [0.5, 0.6) is 0 Å². The van der Waals surface area contributed by atoms with Crippen LogP contribution in [0.15, 0.2) is 22.8 Å². The number of furan rings is 1. The Morgan fingerprint density at radius 2 is 1.35 bits per heavy atom. The van der Waals surface area contributed by atoms with Crippen molar-refractivity contribution in [3.63, 3.8) is 0 Å². The third-order valence-electron chi connectivity index (χ3n) is 3.86. The lowest BCUT2D eigenvalue weighted by atomic mass is 10.1. The molecule has 0 unspecified atom stereocenters. The van der Waals surface area contributed by atoms with E-state index in [1.165, 1.54) is 70.8 Å². The zero-order valence-electron chi connectivity index (χ0n) is 13.6. The van der Waals surface area contributed by atoms with Crippen LogP contribution in [0.4, 0.5) is 0 Å². The number of unbranched alkanes of at least 4 members (excludes halogenated alkanes) is 9. The number of aryl methyl sites for hydroxylation is 1. The molecule has 0 aliphatic carbocycles. The molecule has 1 aromatic rings. The highest BCUT2D eigenvalue weighted by atomic mass is 16.3. The van der Waals surface area contributed by atoms with Gasteiger partial charge in [-0.05, 0) is 45.6 Å². The fourth-order valence-electron chi connectivity index (χ4n) is 2.60. The van der Waals surface area contributed by atoms with Crippen LogP contribution >= 0.6 is 0 Å². The van der Waals surface area contributed by atoms with Crippen molar-refractivity contribution in [3.8, 4) is 0 Å². The highest BCUT2D eigenvalue weighted by molar-refractivity contribution is 4.97. The number of nitrogens with zero attached hydrogens (tertiary/aromatic N) is 1. The maximum atomic E-state index is 5.34. The minimum atomic E-state index is 1.11. The van der Waals surface area contributed by atoms with Crippen LogP contribution in [-0.2, 0) is 6.42 Å². The van der Waals surface area contributed by atoms with E-state index in [4.69, 9.17) is 4.42 Å². The van der Waals surface area contributed by atoms with Gasteiger partial charge in [-0.25, -0.2) is 0 Å². The molecule has 2 nitrogen and oxygen atoms in total. The standard InChI is InChI=1S/C18H33NO/c1-19(2)16-12-10-8-6-4-3-5-7-9-11-14-18-15-13-17-20-18/h13,15,17H,3-12,14,16H2,1-2H3. The molecule has 1 rings (SSSR count). The fourth-order valence-corrected chi connectivity index (χ4v) is 2.60. The molecule has 0 aromatic carbocycles. The lowest BCUT2D eigenvalue weighted by Gasteiger charge is -2.08. The first-order valence-electron chi connectivity index (χ1n) is 8.46. The van der Waals surface area contributed by atoms with Gasteiger partial charge in [-0.1, -0.05) is 51.4 Å². The zero-order valence-corrected chi connectivity index (χ0v) is 13.6. The largest absolute Gasteiger partial charge is 0.469 e. The smallest absolute Gasteiger partial charge is 0.103 e. The van der Waals surface area contributed by atoms with Crippen LogP contribution in [0.2, 0.25) is 0 Å². The Morgan fingerprint density at radius 3 is 1.85 bits per heavy atom. The highest BCUT2D eigenvalue weighted by Gasteiger charge is 1.96. The minimum absolute atomic E-state index is 1.11. The van der Waals surface area contributed by atoms with E-state index in [1.54, 1.807) is 6.26 Å². The molecule has 1 aromatic heterocycles. The van der Waals surface area contributed by atoms with Crippen molar-refractivity contribution in [2.45, 2.75) is 70.6 Å². The van der Waals surface area contributed by atoms with Gasteiger partial charge < -0.3 is 9.32 Å². The van der Waals surface area contributed by atoms with Crippen molar-refractivity contribution in [1.29, 1.82) is 0 Å². The van der Waals surface area contributed by atoms with Crippen molar-refractivity contribution in [1.82, 2.24) is 4.90 Å². The summed E-state index contributed by atoms with van der Waals surface area (Å²) in [4.78, 5) is 2.28. The monoisotopic (exact) mass is 279 g/mol. The van der Waals surface area contributed by atoms with E-state index < -0.39 is 0 Å². The molecule has 20 heavy (non-hydrogen) atoms. The molecule has 0 aliphatic heterocycles. The third kappa shape index (κ3) is 10.1. The van der Waals surface area contributed by atoms with Gasteiger partial charge in [0.1, 0.15) is 5.76 Å². The molecule has 1 heterocycles. The van der Waals surface area contributed by atoms with Crippen LogP contribution in [0.3, 0.4) is 0 Å². The molecule has 0 bridgehead atoms. The van der Waals surface area contributed by atoms with Crippen molar-refractivity contribution >= 4 is 0 Å². The second-order valence-electron chi connectivity index (χ2n) is 6.17. The van der Waals surface area contributed by atoms with Crippen LogP contribution in [0.1, 0.15) is 70.0 Å². The predicted octanol–water partition coefficient (Wildman–Crippen LogP) is 5.28. The van der Waals surface area contributed by atoms with E-state index in [9.17, 15) is 0 Å². The summed E-state index contributed by atoms with van der Waals surface area (Å²) in [5.41, 5.74) is 0. The van der Waals surface area contributed by atoms with Gasteiger partial charge in [0.15, 0.2) is 0 Å². The summed E-state index contributed by atoms with van der Waals surface area (Å²) >= 11 is 0. The van der Waals surface area contributed by atoms with Gasteiger partial charge in [0, 0.05) is 6.42 Å². The van der Waals surface area contributed by atoms with E-state index in [1.807, 2.05) is 6.07 Å². The maximum absolute atomic E-state index is 5.34. The number of hydrogen-bond acceptors (Lipinski definition) is 2. The predicted molar refractivity (Wildman–Crippen MR) is 87.1 cm³/mol. The quantitative estimate of drug-likeness (QED) is 0.456. The molecule has 0 N–H and O–H groups in total. The Bertz CT molecular complexity index is 292. The fraction of sp³-hybridized carbons (Fsp3) is 0.778. The lowest BCUT2D eigenvalue weighted by molar-refractivity contribution is 0.389. The van der Waals surface area contributed by atoms with Gasteiger partial charge in [0.05, 0.1) is 6.26 Å². The minimum Gasteiger partial charge on any atom is -0.469 e. The second-order valence-corrected chi connectivity index (χ2v) is 6.17. The van der Waals surface area contributed by atoms with E-state index in [2.05, 4.69) is 25.1 Å². The van der Waals surface area contributed by atoms with E-state index in [0.717, 1.165) is 12.2 Å². The van der Waals surface area contributed by atoms with E-state index in [-0.39, 0.29) is 0 Å². The van der Waals surface area contributed by atoms with Gasteiger partial charge in [0.25, 0.3) is 0 Å². The summed E-state index contributed by atoms with van der Waals surface area (Å²) in [6, 6.07) is 4.06. The number of hydrogen-bond donors (Lipinski definition) is 0. The molecule has 2 heteroatoms. The van der Waals surface area contributed by atoms with Gasteiger partial charge in [-0.15, -0.1) is 0 Å². The van der Waals surface area contributed by atoms with Crippen molar-refractivity contribution in [2.24, 2.45) is 0 Å². The van der Waals surface area contributed by atoms with E-state index >= 15 is 0 Å². The van der Waals surface area contributed by atoms with Crippen molar-refractivity contribution in [3.05, 3.63) is 24.2 Å². The summed E-state index contributed by atoms with van der Waals surface area (Å²) in [5, 5.41) is 0. The van der Waals surface area contributed by atoms with Gasteiger partial charge >= 0.3 is 0 Å². The summed E-state index contributed by atoms with van der Waals surface area (Å²) < 4.78 is 5.34. The molecule has 0 fully saturated rings. The highest BCUT2D eigenvalue weighted by Crippen LogP contribution is 2.12. The zero-order chi connectivity index (χ0) is 14.5. The molecule has 0 amide bonds. The molecule has 0 spiro atoms. The summed E-state index contributed by atoms with van der Waals surface area (Å²) in [7, 11) is 4.32. The average molecular weight is 279 g/mol. The molecular formula is C18H33NO. The second kappa shape index (κ2) is 12.0. The topological polar surface area (TPSA) is 16.4 Å². The Labute approximate surface area is 125 Å². The maximum Gasteiger partial charge on any atom is 0.103 e. The molecule has 0 aliphatic rings. The number of rotatable bonds is 13. The van der Waals surface area contributed by atoms with Gasteiger partial charge in [-0.3, -0.25) is 0 Å². The first-order chi connectivity index (χ1) is 9.79. The molecule has 0 saturated carbocycles. The Hall–Kier alpha value is -0.760. The third-order valence-corrected chi connectivity index (χ3v) is 3.86. The molecule has 0 atom stereocenters. The molecule has 116 valence electrons. The molecule has 0 radical (unpaired) electrons. The van der Waals surface area contributed by atoms with E-state index in [0.29, 0.717) is 0 Å². The normalized spacial score (nSPS) is 11.3. The SMILES string of the molecule is CN(C)CCCCCCCCCCCCc1ccco1. The summed E-state index contributed by atoms with van der Waals surface area (Å²) in [5.74, 6) is 1.14. The van der Waals surface area contributed by atoms with Gasteiger partial charge in [-0.2, -0.15) is 0 Å². The Balaban J connectivity index is 1.72. The van der Waals surface area contributed by atoms with Crippen molar-refractivity contribution in [2.75, 3.05) is 20.6 Å². The van der Waals surface area contributed by atoms with Gasteiger partial charge in [0.2, 0.25) is 0 Å². The van der Waals surface area contributed by atoms with Crippen LogP contribution in [0, 0.1) is 0 Å². The first-order valence-corrected chi connectivity index (χ1v) is 8.46. The summed E-state index contributed by atoms with van der Waals surface area (Å²) in [6.07, 6.45) is 16.8. The van der Waals surface area contributed by atoms with Crippen LogP contribution in [0.25, 0.3) is 0 Å². The Kier molecular flexibility index (Phi) is 10.4. The van der Waals surface area contributed by atoms with Crippen molar-refractivity contribution < 1.29 is 4.42 Å². The molecular weight excluding hydrogens is 246 g/mol. The Morgan fingerprint density at radius 1 is 0.800 bits per heavy atom. The van der Waals surface area contributed by atoms with Crippen LogP contribution in [-0.4, -0.2) is 25.5 Å². The van der Waals surface area contributed by atoms with Crippen LogP contribution < -0.4 is 0 Å².